The molecular weight excluding hydrogens is 512 g/mol. The first-order valence-electron chi connectivity index (χ1n) is 13.1. The molecule has 1 saturated heterocycles. The third-order valence-corrected chi connectivity index (χ3v) is 7.89. The van der Waals surface area contributed by atoms with Gasteiger partial charge in [0, 0.05) is 19.5 Å². The van der Waals surface area contributed by atoms with Crippen molar-refractivity contribution in [3.8, 4) is 5.75 Å². The Labute approximate surface area is 217 Å². The summed E-state index contributed by atoms with van der Waals surface area (Å²) in [4.78, 5) is 13.3. The molecule has 2 fully saturated rings. The van der Waals surface area contributed by atoms with Crippen LogP contribution in [0.1, 0.15) is 68.9 Å². The van der Waals surface area contributed by atoms with Gasteiger partial charge in [-0.25, -0.2) is 0 Å². The highest BCUT2D eigenvalue weighted by Crippen LogP contribution is 2.44. The molecule has 4 nitrogen and oxygen atoms in total. The highest BCUT2D eigenvalue weighted by atomic mass is 19.4. The van der Waals surface area contributed by atoms with Crippen LogP contribution in [0.5, 0.6) is 5.75 Å². The number of carbonyl (C=O) groups is 1. The van der Waals surface area contributed by atoms with Crippen LogP contribution in [-0.4, -0.2) is 47.9 Å². The van der Waals surface area contributed by atoms with Crippen LogP contribution in [0.4, 0.5) is 26.3 Å². The van der Waals surface area contributed by atoms with E-state index >= 15 is 0 Å². The molecule has 0 aromatic heterocycles. The van der Waals surface area contributed by atoms with Gasteiger partial charge in [-0.05, 0) is 79.3 Å². The summed E-state index contributed by atoms with van der Waals surface area (Å²) < 4.78 is 87.0. The fourth-order valence-electron chi connectivity index (χ4n) is 5.94. The Bertz CT molecular complexity index is 1120. The first-order valence-corrected chi connectivity index (χ1v) is 13.1. The lowest BCUT2D eigenvalue weighted by molar-refractivity contribution is -0.185. The molecule has 2 aliphatic rings. The summed E-state index contributed by atoms with van der Waals surface area (Å²) in [5.41, 5.74) is -0.0233. The van der Waals surface area contributed by atoms with Gasteiger partial charge in [-0.3, -0.25) is 4.79 Å². The molecule has 2 aromatic carbocycles. The number of hydrogen-bond donors (Lipinski definition) is 1. The maximum atomic E-state index is 14.2. The number of ether oxygens (including phenoxy) is 1. The lowest BCUT2D eigenvalue weighted by atomic mass is 9.87. The van der Waals surface area contributed by atoms with Crippen molar-refractivity contribution in [1.82, 2.24) is 4.90 Å². The van der Waals surface area contributed by atoms with E-state index in [9.17, 15) is 31.1 Å². The SMILES string of the molecule is CC(CN1CCC[C@H](CC(=O)O)C1)c1ccc2c(C(F)(F)F)c(OC3CCC(C(F)(F)F)CC3)ccc2c1. The number of halogens is 6. The van der Waals surface area contributed by atoms with Gasteiger partial charge >= 0.3 is 18.3 Å². The summed E-state index contributed by atoms with van der Waals surface area (Å²) in [5, 5.41) is 9.50. The van der Waals surface area contributed by atoms with Gasteiger partial charge < -0.3 is 14.7 Å². The summed E-state index contributed by atoms with van der Waals surface area (Å²) in [6.07, 6.45) is -7.96. The Balaban J connectivity index is 1.50. The Hall–Kier alpha value is -2.49. The molecule has 0 spiro atoms. The normalized spacial score (nSPS) is 24.3. The number of likely N-dealkylation sites (tertiary alicyclic amines) is 1. The maximum absolute atomic E-state index is 14.2. The lowest BCUT2D eigenvalue weighted by Crippen LogP contribution is -2.38. The number of piperidine rings is 1. The molecule has 1 saturated carbocycles. The Morgan fingerprint density at radius 2 is 1.76 bits per heavy atom. The van der Waals surface area contributed by atoms with Crippen LogP contribution in [-0.2, 0) is 11.0 Å². The van der Waals surface area contributed by atoms with Crippen LogP contribution in [0, 0.1) is 11.8 Å². The zero-order valence-corrected chi connectivity index (χ0v) is 21.2. The zero-order chi connectivity index (χ0) is 27.7. The molecule has 0 amide bonds. The molecule has 0 radical (unpaired) electrons. The summed E-state index contributed by atoms with van der Waals surface area (Å²) in [6, 6.07) is 7.71. The van der Waals surface area contributed by atoms with Crippen molar-refractivity contribution >= 4 is 16.7 Å². The summed E-state index contributed by atoms with van der Waals surface area (Å²) in [7, 11) is 0. The van der Waals surface area contributed by atoms with Gasteiger partial charge in [-0.2, -0.15) is 26.3 Å². The third-order valence-electron chi connectivity index (χ3n) is 7.89. The lowest BCUT2D eigenvalue weighted by Gasteiger charge is -2.34. The van der Waals surface area contributed by atoms with Gasteiger partial charge in [-0.15, -0.1) is 0 Å². The smallest absolute Gasteiger partial charge is 0.420 e. The Kier molecular flexibility index (Phi) is 8.49. The molecule has 2 atom stereocenters. The van der Waals surface area contributed by atoms with Crippen molar-refractivity contribution in [2.45, 2.75) is 76.2 Å². The predicted molar refractivity (Wildman–Crippen MR) is 131 cm³/mol. The van der Waals surface area contributed by atoms with Crippen molar-refractivity contribution in [3.05, 3.63) is 41.5 Å². The number of nitrogens with zero attached hydrogens (tertiary/aromatic N) is 1. The number of fused-ring (bicyclic) bond motifs is 1. The molecule has 2 aromatic rings. The van der Waals surface area contributed by atoms with Crippen LogP contribution >= 0.6 is 0 Å². The summed E-state index contributed by atoms with van der Waals surface area (Å²) >= 11 is 0. The highest BCUT2D eigenvalue weighted by molar-refractivity contribution is 5.89. The van der Waals surface area contributed by atoms with Crippen molar-refractivity contribution < 1.29 is 41.0 Å². The van der Waals surface area contributed by atoms with Gasteiger partial charge in [0.2, 0.25) is 0 Å². The quantitative estimate of drug-likeness (QED) is 0.363. The molecule has 0 bridgehead atoms. The van der Waals surface area contributed by atoms with E-state index in [-0.39, 0.29) is 55.1 Å². The summed E-state index contributed by atoms with van der Waals surface area (Å²) in [6.45, 7) is 4.23. The third kappa shape index (κ3) is 6.93. The molecule has 38 heavy (non-hydrogen) atoms. The Morgan fingerprint density at radius 3 is 2.39 bits per heavy atom. The van der Waals surface area contributed by atoms with Crippen LogP contribution in [0.25, 0.3) is 10.8 Å². The first-order chi connectivity index (χ1) is 17.8. The van der Waals surface area contributed by atoms with E-state index in [1.807, 2.05) is 6.92 Å². The molecule has 4 rings (SSSR count). The van der Waals surface area contributed by atoms with E-state index in [4.69, 9.17) is 9.84 Å². The topological polar surface area (TPSA) is 49.8 Å². The van der Waals surface area contributed by atoms with Gasteiger partial charge in [0.1, 0.15) is 11.3 Å². The minimum absolute atomic E-state index is 0.00516. The van der Waals surface area contributed by atoms with Gasteiger partial charge in [0.25, 0.3) is 0 Å². The van der Waals surface area contributed by atoms with Crippen LogP contribution in [0.2, 0.25) is 0 Å². The highest BCUT2D eigenvalue weighted by Gasteiger charge is 2.43. The van der Waals surface area contributed by atoms with E-state index in [2.05, 4.69) is 4.90 Å². The molecule has 1 unspecified atom stereocenters. The average Bonchev–Trinajstić information content (AvgIpc) is 2.82. The van der Waals surface area contributed by atoms with Gasteiger partial charge in [0.15, 0.2) is 0 Å². The maximum Gasteiger partial charge on any atom is 0.420 e. The van der Waals surface area contributed by atoms with Crippen molar-refractivity contribution in [1.29, 1.82) is 0 Å². The van der Waals surface area contributed by atoms with E-state index in [1.165, 1.54) is 12.1 Å². The predicted octanol–water partition coefficient (Wildman–Crippen LogP) is 7.65. The van der Waals surface area contributed by atoms with Crippen LogP contribution in [0.3, 0.4) is 0 Å². The van der Waals surface area contributed by atoms with E-state index in [1.54, 1.807) is 18.2 Å². The largest absolute Gasteiger partial charge is 0.490 e. The van der Waals surface area contributed by atoms with Gasteiger partial charge in [0.05, 0.1) is 12.0 Å². The van der Waals surface area contributed by atoms with Crippen molar-refractivity contribution in [2.75, 3.05) is 19.6 Å². The molecule has 1 aliphatic heterocycles. The minimum atomic E-state index is -4.70. The average molecular weight is 546 g/mol. The first kappa shape index (κ1) is 28.5. The molecule has 10 heteroatoms. The number of alkyl halides is 6. The van der Waals surface area contributed by atoms with Crippen LogP contribution in [0.15, 0.2) is 30.3 Å². The van der Waals surface area contributed by atoms with Gasteiger partial charge in [-0.1, -0.05) is 31.2 Å². The zero-order valence-electron chi connectivity index (χ0n) is 21.2. The van der Waals surface area contributed by atoms with E-state index < -0.39 is 35.9 Å². The molecule has 1 heterocycles. The monoisotopic (exact) mass is 545 g/mol. The van der Waals surface area contributed by atoms with E-state index in [0.29, 0.717) is 18.5 Å². The number of benzene rings is 2. The second kappa shape index (κ2) is 11.3. The minimum Gasteiger partial charge on any atom is -0.490 e. The molecule has 1 N–H and O–H groups in total. The number of aliphatic carboxylic acids is 1. The number of rotatable bonds is 7. The van der Waals surface area contributed by atoms with E-state index in [0.717, 1.165) is 24.9 Å². The van der Waals surface area contributed by atoms with Crippen LogP contribution < -0.4 is 4.74 Å². The fraction of sp³-hybridized carbons (Fsp3) is 0.607. The Morgan fingerprint density at radius 1 is 1.05 bits per heavy atom. The summed E-state index contributed by atoms with van der Waals surface area (Å²) in [5.74, 6) is -2.47. The number of carboxylic acids is 1. The molecule has 210 valence electrons. The van der Waals surface area contributed by atoms with Crippen molar-refractivity contribution in [2.24, 2.45) is 11.8 Å². The van der Waals surface area contributed by atoms with Crippen molar-refractivity contribution in [3.63, 3.8) is 0 Å². The molecular formula is C28H33F6NO3. The number of hydrogen-bond acceptors (Lipinski definition) is 3. The fourth-order valence-corrected chi connectivity index (χ4v) is 5.94. The standard InChI is InChI=1S/C28H33F6NO3/c1-17(15-35-12-2-3-18(16-35)13-25(36)37)19-4-10-23-20(14-19)5-11-24(26(23)28(32,33)34)38-22-8-6-21(7-9-22)27(29,30)31/h4-5,10-11,14,17-18,21-22H,2-3,6-9,12-13,15-16H2,1H3,(H,36,37)/t17?,18-,21?,22?/m1/s1. The second-order valence-corrected chi connectivity index (χ2v) is 10.8. The second-order valence-electron chi connectivity index (χ2n) is 10.8. The molecule has 1 aliphatic carbocycles. The number of carboxylic acid groups (broad SMARTS) is 1.